The van der Waals surface area contributed by atoms with Crippen molar-refractivity contribution in [1.82, 2.24) is 5.01 Å². The van der Waals surface area contributed by atoms with E-state index in [1.807, 2.05) is 6.34 Å². The molecule has 0 spiro atoms. The highest BCUT2D eigenvalue weighted by atomic mass is 15.8. The van der Waals surface area contributed by atoms with Crippen LogP contribution >= 0.6 is 0 Å². The lowest BCUT2D eigenvalue weighted by Crippen LogP contribution is -2.62. The van der Waals surface area contributed by atoms with Crippen molar-refractivity contribution >= 4 is 12.2 Å². The Labute approximate surface area is 186 Å². The van der Waals surface area contributed by atoms with Crippen molar-refractivity contribution in [3.05, 3.63) is 12.2 Å². The average molecular weight is 419 g/mol. The van der Waals surface area contributed by atoms with E-state index in [1.54, 1.807) is 0 Å². The summed E-state index contributed by atoms with van der Waals surface area (Å²) in [5.74, 6) is 1.17. The molecular formula is C25H48N5+. The normalized spacial score (nSPS) is 21.3. The predicted octanol–water partition coefficient (Wildman–Crippen LogP) is 5.47. The Morgan fingerprint density at radius 2 is 1.57 bits per heavy atom. The minimum absolute atomic E-state index is 0.677. The third-order valence-corrected chi connectivity index (χ3v) is 6.58. The highest BCUT2D eigenvalue weighted by Gasteiger charge is 2.42. The largest absolute Gasteiger partial charge is 0.325 e. The third-order valence-electron chi connectivity index (χ3n) is 6.58. The maximum absolute atomic E-state index is 5.94. The third kappa shape index (κ3) is 8.50. The Morgan fingerprint density at radius 1 is 0.933 bits per heavy atom. The van der Waals surface area contributed by atoms with Crippen molar-refractivity contribution in [1.29, 1.82) is 0 Å². The van der Waals surface area contributed by atoms with Gasteiger partial charge in [-0.1, -0.05) is 90.0 Å². The Bertz CT molecular complexity index is 528. The topological polar surface area (TPSA) is 54.0 Å². The van der Waals surface area contributed by atoms with Crippen LogP contribution in [0.5, 0.6) is 0 Å². The molecule has 0 bridgehead atoms. The first-order valence-electron chi connectivity index (χ1n) is 12.9. The molecule has 1 unspecified atom stereocenters. The standard InChI is InChI=1S/C25H48N5/c1-2-3-4-5-6-7-8-9-10-11-12-13-14-15-16-17-25-28-20-23-30(25,22-18-26)29-21-19-27-24-29/h16-17,24H,2-15,18-23,26H2,1H3/q+1. The van der Waals surface area contributed by atoms with E-state index < -0.39 is 0 Å². The van der Waals surface area contributed by atoms with Crippen molar-refractivity contribution in [2.75, 3.05) is 39.3 Å². The van der Waals surface area contributed by atoms with Crippen LogP contribution in [0.1, 0.15) is 96.8 Å². The molecule has 2 heterocycles. The zero-order valence-corrected chi connectivity index (χ0v) is 19.7. The molecule has 5 nitrogen and oxygen atoms in total. The fourth-order valence-corrected chi connectivity index (χ4v) is 4.72. The van der Waals surface area contributed by atoms with Gasteiger partial charge in [0.15, 0.2) is 0 Å². The van der Waals surface area contributed by atoms with Gasteiger partial charge in [-0.25, -0.2) is 10.0 Å². The second kappa shape index (κ2) is 15.6. The molecule has 0 aromatic carbocycles. The molecule has 2 rings (SSSR count). The fourth-order valence-electron chi connectivity index (χ4n) is 4.72. The van der Waals surface area contributed by atoms with Gasteiger partial charge in [0.1, 0.15) is 19.4 Å². The number of nitrogens with zero attached hydrogens (tertiary/aromatic N) is 4. The Kier molecular flexibility index (Phi) is 13.0. The molecule has 0 saturated carbocycles. The van der Waals surface area contributed by atoms with E-state index in [-0.39, 0.29) is 0 Å². The van der Waals surface area contributed by atoms with Crippen LogP contribution in [0.25, 0.3) is 0 Å². The van der Waals surface area contributed by atoms with Crippen LogP contribution < -0.4 is 5.73 Å². The zero-order valence-electron chi connectivity index (χ0n) is 19.7. The number of hydrogen-bond donors (Lipinski definition) is 1. The predicted molar refractivity (Wildman–Crippen MR) is 131 cm³/mol. The lowest BCUT2D eigenvalue weighted by Gasteiger charge is -2.39. The lowest BCUT2D eigenvalue weighted by atomic mass is 10.0. The van der Waals surface area contributed by atoms with Crippen LogP contribution in [0.2, 0.25) is 0 Å². The molecule has 0 radical (unpaired) electrons. The first-order chi connectivity index (χ1) is 14.8. The molecule has 2 aliphatic rings. The Hall–Kier alpha value is -1.20. The maximum Gasteiger partial charge on any atom is 0.247 e. The first kappa shape index (κ1) is 25.1. The number of quaternary nitrogens is 1. The Balaban J connectivity index is 1.51. The molecule has 0 amide bonds. The highest BCUT2D eigenvalue weighted by Crippen LogP contribution is 2.21. The van der Waals surface area contributed by atoms with Gasteiger partial charge in [-0.3, -0.25) is 4.99 Å². The molecule has 0 aromatic rings. The molecule has 0 aliphatic carbocycles. The number of unbranched alkanes of at least 4 members (excludes halogenated alkanes) is 13. The van der Waals surface area contributed by atoms with Crippen LogP contribution in [0, 0.1) is 0 Å². The summed E-state index contributed by atoms with van der Waals surface area (Å²) in [5, 5.41) is 2.33. The molecule has 0 fully saturated rings. The fraction of sp³-hybridized carbons (Fsp3) is 0.840. The smallest absolute Gasteiger partial charge is 0.247 e. The van der Waals surface area contributed by atoms with Crippen LogP contribution in [0.4, 0.5) is 0 Å². The van der Waals surface area contributed by atoms with Crippen LogP contribution in [0.15, 0.2) is 22.1 Å². The molecule has 0 aromatic heterocycles. The summed E-state index contributed by atoms with van der Waals surface area (Å²) in [6.45, 7) is 7.65. The molecule has 5 heteroatoms. The van der Waals surface area contributed by atoms with Gasteiger partial charge in [0.2, 0.25) is 5.84 Å². The van der Waals surface area contributed by atoms with Gasteiger partial charge in [-0.15, -0.1) is 0 Å². The zero-order chi connectivity index (χ0) is 21.3. The van der Waals surface area contributed by atoms with Crippen molar-refractivity contribution in [2.24, 2.45) is 15.7 Å². The van der Waals surface area contributed by atoms with E-state index in [0.717, 1.165) is 43.7 Å². The number of nitrogens with two attached hydrogens (primary N) is 1. The summed E-state index contributed by atoms with van der Waals surface area (Å²) >= 11 is 0. The van der Waals surface area contributed by atoms with Crippen molar-refractivity contribution < 1.29 is 4.59 Å². The second-order valence-electron chi connectivity index (χ2n) is 9.02. The quantitative estimate of drug-likeness (QED) is 0.237. The van der Waals surface area contributed by atoms with Crippen molar-refractivity contribution in [3.63, 3.8) is 0 Å². The van der Waals surface area contributed by atoms with Crippen LogP contribution in [-0.2, 0) is 0 Å². The summed E-state index contributed by atoms with van der Waals surface area (Å²) in [7, 11) is 0. The second-order valence-corrected chi connectivity index (χ2v) is 9.02. The summed E-state index contributed by atoms with van der Waals surface area (Å²) in [6.07, 6.45) is 26.1. The number of aliphatic imine (C=N–C) groups is 2. The van der Waals surface area contributed by atoms with E-state index >= 15 is 0 Å². The van der Waals surface area contributed by atoms with E-state index in [2.05, 4.69) is 29.1 Å². The van der Waals surface area contributed by atoms with Crippen LogP contribution in [-0.4, -0.2) is 61.0 Å². The van der Waals surface area contributed by atoms with Gasteiger partial charge >= 0.3 is 0 Å². The van der Waals surface area contributed by atoms with E-state index in [4.69, 9.17) is 10.7 Å². The van der Waals surface area contributed by atoms with Gasteiger partial charge in [-0.2, -0.15) is 4.59 Å². The number of hydrogen-bond acceptors (Lipinski definition) is 4. The Morgan fingerprint density at radius 3 is 2.13 bits per heavy atom. The first-order valence-corrected chi connectivity index (χ1v) is 12.9. The minimum atomic E-state index is 0.677. The lowest BCUT2D eigenvalue weighted by molar-refractivity contribution is -0.934. The van der Waals surface area contributed by atoms with Crippen molar-refractivity contribution in [2.45, 2.75) is 96.8 Å². The van der Waals surface area contributed by atoms with Crippen LogP contribution in [0.3, 0.4) is 0 Å². The van der Waals surface area contributed by atoms with Gasteiger partial charge in [0.05, 0.1) is 19.6 Å². The highest BCUT2D eigenvalue weighted by molar-refractivity contribution is 5.88. The minimum Gasteiger partial charge on any atom is -0.325 e. The molecule has 172 valence electrons. The van der Waals surface area contributed by atoms with Crippen molar-refractivity contribution in [3.8, 4) is 0 Å². The van der Waals surface area contributed by atoms with Gasteiger partial charge < -0.3 is 5.73 Å². The molecule has 2 N–H and O–H groups in total. The summed E-state index contributed by atoms with van der Waals surface area (Å²) in [4.78, 5) is 9.21. The average Bonchev–Trinajstić information content (AvgIpc) is 3.42. The molecular weight excluding hydrogens is 370 g/mol. The SMILES string of the molecule is CCCCCCCCCCCCCCCC=CC1=NCC[N+]1(CCN)N1C=NCC1. The molecule has 1 atom stereocenters. The van der Waals surface area contributed by atoms with Gasteiger partial charge in [0.25, 0.3) is 0 Å². The number of allylic oxidation sites excluding steroid dienone is 1. The van der Waals surface area contributed by atoms with Gasteiger partial charge in [-0.05, 0) is 12.8 Å². The van der Waals surface area contributed by atoms with Gasteiger partial charge in [0, 0.05) is 12.6 Å². The molecule has 30 heavy (non-hydrogen) atoms. The monoisotopic (exact) mass is 418 g/mol. The van der Waals surface area contributed by atoms with E-state index in [0.29, 0.717) is 6.54 Å². The summed E-state index contributed by atoms with van der Waals surface area (Å²) in [5.41, 5.74) is 5.94. The number of rotatable bonds is 18. The summed E-state index contributed by atoms with van der Waals surface area (Å²) < 4.78 is 0.773. The molecule has 2 aliphatic heterocycles. The number of amidine groups is 1. The molecule has 0 saturated heterocycles. The van der Waals surface area contributed by atoms with E-state index in [9.17, 15) is 0 Å². The van der Waals surface area contributed by atoms with E-state index in [1.165, 1.54) is 89.3 Å². The maximum atomic E-state index is 5.94. The summed E-state index contributed by atoms with van der Waals surface area (Å²) in [6, 6.07) is 0.